The Morgan fingerprint density at radius 1 is 1.09 bits per heavy atom. The highest BCUT2D eigenvalue weighted by molar-refractivity contribution is 5.78. The first-order valence-electron chi connectivity index (χ1n) is 7.45. The maximum absolute atomic E-state index is 12.3. The smallest absolute Gasteiger partial charge is 0.260 e. The van der Waals surface area contributed by atoms with Crippen molar-refractivity contribution in [1.29, 1.82) is 0 Å². The molecule has 0 spiro atoms. The van der Waals surface area contributed by atoms with Crippen LogP contribution in [0.2, 0.25) is 0 Å². The highest BCUT2D eigenvalue weighted by atomic mass is 16.5. The number of rotatable bonds is 4. The Morgan fingerprint density at radius 3 is 2.50 bits per heavy atom. The summed E-state index contributed by atoms with van der Waals surface area (Å²) in [6.07, 6.45) is -0.0596. The van der Waals surface area contributed by atoms with E-state index in [4.69, 9.17) is 9.47 Å². The molecular formula is C18H19NO3. The predicted molar refractivity (Wildman–Crippen MR) is 83.7 cm³/mol. The van der Waals surface area contributed by atoms with E-state index in [2.05, 4.69) is 0 Å². The summed E-state index contributed by atoms with van der Waals surface area (Å²) in [5.41, 5.74) is 1.10. The second-order valence-electron chi connectivity index (χ2n) is 5.21. The zero-order valence-electron chi connectivity index (χ0n) is 12.4. The predicted octanol–water partition coefficient (Wildman–Crippen LogP) is 2.67. The fourth-order valence-corrected chi connectivity index (χ4v) is 2.50. The molecule has 114 valence electrons. The van der Waals surface area contributed by atoms with Crippen LogP contribution in [0, 0.1) is 0 Å². The summed E-state index contributed by atoms with van der Waals surface area (Å²) in [5, 5.41) is 0. The molecule has 2 aromatic rings. The molecule has 1 atom stereocenters. The number of benzene rings is 2. The number of amides is 1. The van der Waals surface area contributed by atoms with Crippen molar-refractivity contribution in [3.8, 4) is 5.75 Å². The van der Waals surface area contributed by atoms with Crippen molar-refractivity contribution >= 4 is 5.91 Å². The molecule has 0 radical (unpaired) electrons. The SMILES string of the molecule is O=C(COc1ccccc1)N1CCO[C@@H](c2ccccc2)C1. The van der Waals surface area contributed by atoms with Crippen LogP contribution in [0.15, 0.2) is 60.7 Å². The van der Waals surface area contributed by atoms with Crippen molar-refractivity contribution < 1.29 is 14.3 Å². The summed E-state index contributed by atoms with van der Waals surface area (Å²) in [4.78, 5) is 14.1. The fraction of sp³-hybridized carbons (Fsp3) is 0.278. The van der Waals surface area contributed by atoms with Gasteiger partial charge in [0.25, 0.3) is 5.91 Å². The molecule has 1 fully saturated rings. The lowest BCUT2D eigenvalue weighted by Crippen LogP contribution is -2.44. The van der Waals surface area contributed by atoms with Crippen LogP contribution in [0.25, 0.3) is 0 Å². The summed E-state index contributed by atoms with van der Waals surface area (Å²) >= 11 is 0. The van der Waals surface area contributed by atoms with Crippen LogP contribution in [-0.2, 0) is 9.53 Å². The number of carbonyl (C=O) groups excluding carboxylic acids is 1. The molecule has 0 bridgehead atoms. The van der Waals surface area contributed by atoms with Gasteiger partial charge in [0.15, 0.2) is 6.61 Å². The Morgan fingerprint density at radius 2 is 1.77 bits per heavy atom. The minimum absolute atomic E-state index is 0.00640. The molecule has 1 amide bonds. The van der Waals surface area contributed by atoms with Crippen molar-refractivity contribution in [1.82, 2.24) is 4.90 Å². The monoisotopic (exact) mass is 297 g/mol. The average molecular weight is 297 g/mol. The van der Waals surface area contributed by atoms with Gasteiger partial charge in [-0.3, -0.25) is 4.79 Å². The Balaban J connectivity index is 1.56. The van der Waals surface area contributed by atoms with Crippen LogP contribution >= 0.6 is 0 Å². The quantitative estimate of drug-likeness (QED) is 0.871. The van der Waals surface area contributed by atoms with Crippen molar-refractivity contribution in [2.45, 2.75) is 6.10 Å². The minimum atomic E-state index is -0.0596. The van der Waals surface area contributed by atoms with E-state index in [-0.39, 0.29) is 18.6 Å². The summed E-state index contributed by atoms with van der Waals surface area (Å²) < 4.78 is 11.3. The maximum Gasteiger partial charge on any atom is 0.260 e. The summed E-state index contributed by atoms with van der Waals surface area (Å²) in [5.74, 6) is 0.705. The van der Waals surface area contributed by atoms with E-state index >= 15 is 0 Å². The molecule has 4 nitrogen and oxygen atoms in total. The highest BCUT2D eigenvalue weighted by Gasteiger charge is 2.25. The number of morpholine rings is 1. The van der Waals surface area contributed by atoms with Gasteiger partial charge in [0, 0.05) is 6.54 Å². The van der Waals surface area contributed by atoms with E-state index < -0.39 is 0 Å². The minimum Gasteiger partial charge on any atom is -0.484 e. The van der Waals surface area contributed by atoms with Gasteiger partial charge in [0.1, 0.15) is 11.9 Å². The van der Waals surface area contributed by atoms with Crippen LogP contribution < -0.4 is 4.74 Å². The third-order valence-corrected chi connectivity index (χ3v) is 3.70. The molecule has 0 unspecified atom stereocenters. The van der Waals surface area contributed by atoms with E-state index in [0.717, 1.165) is 5.56 Å². The standard InChI is InChI=1S/C18H19NO3/c20-18(14-22-16-9-5-2-6-10-16)19-11-12-21-17(13-19)15-7-3-1-4-8-15/h1-10,17H,11-14H2/t17-/m1/s1. The number of hydrogen-bond donors (Lipinski definition) is 0. The summed E-state index contributed by atoms with van der Waals surface area (Å²) in [6.45, 7) is 1.80. The number of nitrogens with zero attached hydrogens (tertiary/aromatic N) is 1. The molecule has 0 N–H and O–H groups in total. The first-order chi connectivity index (χ1) is 10.8. The van der Waals surface area contributed by atoms with Crippen molar-refractivity contribution in [3.63, 3.8) is 0 Å². The molecule has 22 heavy (non-hydrogen) atoms. The van der Waals surface area contributed by atoms with Gasteiger partial charge in [-0.15, -0.1) is 0 Å². The van der Waals surface area contributed by atoms with Crippen LogP contribution in [-0.4, -0.2) is 37.1 Å². The Bertz CT molecular complexity index is 600. The Labute approximate surface area is 130 Å². The van der Waals surface area contributed by atoms with Gasteiger partial charge in [0.2, 0.25) is 0 Å². The number of para-hydroxylation sites is 1. The van der Waals surface area contributed by atoms with Crippen molar-refractivity contribution in [2.75, 3.05) is 26.3 Å². The highest BCUT2D eigenvalue weighted by Crippen LogP contribution is 2.22. The molecule has 3 rings (SSSR count). The third-order valence-electron chi connectivity index (χ3n) is 3.70. The summed E-state index contributed by atoms with van der Waals surface area (Å²) in [7, 11) is 0. The molecule has 2 aromatic carbocycles. The lowest BCUT2D eigenvalue weighted by atomic mass is 10.1. The third kappa shape index (κ3) is 3.65. The molecule has 0 saturated carbocycles. The van der Waals surface area contributed by atoms with E-state index in [1.165, 1.54) is 0 Å². The van der Waals surface area contributed by atoms with Crippen LogP contribution in [0.5, 0.6) is 5.75 Å². The van der Waals surface area contributed by atoms with E-state index in [1.54, 1.807) is 0 Å². The van der Waals surface area contributed by atoms with Crippen LogP contribution in [0.3, 0.4) is 0 Å². The fourth-order valence-electron chi connectivity index (χ4n) is 2.50. The largest absolute Gasteiger partial charge is 0.484 e. The first-order valence-corrected chi connectivity index (χ1v) is 7.45. The second kappa shape index (κ2) is 7.09. The average Bonchev–Trinajstić information content (AvgIpc) is 2.61. The number of ether oxygens (including phenoxy) is 2. The molecular weight excluding hydrogens is 278 g/mol. The van der Waals surface area contributed by atoms with Gasteiger partial charge in [-0.1, -0.05) is 48.5 Å². The molecule has 1 aliphatic rings. The first kappa shape index (κ1) is 14.6. The van der Waals surface area contributed by atoms with Gasteiger partial charge in [-0.2, -0.15) is 0 Å². The van der Waals surface area contributed by atoms with Gasteiger partial charge in [-0.25, -0.2) is 0 Å². The van der Waals surface area contributed by atoms with Crippen molar-refractivity contribution in [2.24, 2.45) is 0 Å². The second-order valence-corrected chi connectivity index (χ2v) is 5.21. The molecule has 1 heterocycles. The maximum atomic E-state index is 12.3. The molecule has 4 heteroatoms. The molecule has 0 aromatic heterocycles. The topological polar surface area (TPSA) is 38.8 Å². The van der Waals surface area contributed by atoms with Gasteiger partial charge in [-0.05, 0) is 17.7 Å². The van der Waals surface area contributed by atoms with Gasteiger partial charge in [0.05, 0.1) is 13.2 Å². The van der Waals surface area contributed by atoms with E-state index in [0.29, 0.717) is 25.4 Å². The Kier molecular flexibility index (Phi) is 4.71. The van der Waals surface area contributed by atoms with Crippen LogP contribution in [0.1, 0.15) is 11.7 Å². The number of carbonyl (C=O) groups is 1. The normalized spacial score (nSPS) is 18.0. The zero-order valence-corrected chi connectivity index (χ0v) is 12.4. The van der Waals surface area contributed by atoms with E-state index in [1.807, 2.05) is 65.6 Å². The van der Waals surface area contributed by atoms with Crippen molar-refractivity contribution in [3.05, 3.63) is 66.2 Å². The van der Waals surface area contributed by atoms with Crippen LogP contribution in [0.4, 0.5) is 0 Å². The zero-order chi connectivity index (χ0) is 15.2. The Hall–Kier alpha value is -2.33. The van der Waals surface area contributed by atoms with Gasteiger partial charge >= 0.3 is 0 Å². The van der Waals surface area contributed by atoms with E-state index in [9.17, 15) is 4.79 Å². The number of hydrogen-bond acceptors (Lipinski definition) is 3. The lowest BCUT2D eigenvalue weighted by molar-refractivity contribution is -0.141. The van der Waals surface area contributed by atoms with Gasteiger partial charge < -0.3 is 14.4 Å². The lowest BCUT2D eigenvalue weighted by Gasteiger charge is -2.33. The molecule has 1 aliphatic heterocycles. The summed E-state index contributed by atoms with van der Waals surface area (Å²) in [6, 6.07) is 19.4. The molecule has 1 saturated heterocycles. The molecule has 0 aliphatic carbocycles.